The summed E-state index contributed by atoms with van der Waals surface area (Å²) in [5.41, 5.74) is 1.37. The Labute approximate surface area is 125 Å². The average Bonchev–Trinajstić information content (AvgIpc) is 2.86. The lowest BCUT2D eigenvalue weighted by atomic mass is 9.94. The standard InChI is InChI=1S/C16H24N2O3/c1-11-5-7-17-9-13(11)14(19)12-6-8-18(10-12)15(20)21-16(2,3)4/h5,7,9,12,14,19H,6,8,10H2,1-4H3. The molecule has 1 aromatic rings. The zero-order valence-corrected chi connectivity index (χ0v) is 13.2. The lowest BCUT2D eigenvalue weighted by Gasteiger charge is -2.25. The largest absolute Gasteiger partial charge is 0.444 e. The molecule has 0 radical (unpaired) electrons. The number of aryl methyl sites for hydroxylation is 1. The van der Waals surface area contributed by atoms with Crippen LogP contribution in [0.15, 0.2) is 18.5 Å². The van der Waals surface area contributed by atoms with E-state index >= 15 is 0 Å². The van der Waals surface area contributed by atoms with Crippen molar-refractivity contribution in [2.24, 2.45) is 5.92 Å². The highest BCUT2D eigenvalue weighted by Gasteiger charge is 2.34. The molecule has 1 aromatic heterocycles. The lowest BCUT2D eigenvalue weighted by Crippen LogP contribution is -2.35. The Morgan fingerprint density at radius 2 is 2.24 bits per heavy atom. The first-order valence-electron chi connectivity index (χ1n) is 7.34. The van der Waals surface area contributed by atoms with E-state index in [2.05, 4.69) is 4.98 Å². The number of pyridine rings is 1. The molecule has 1 saturated heterocycles. The van der Waals surface area contributed by atoms with Crippen molar-refractivity contribution >= 4 is 6.09 Å². The van der Waals surface area contributed by atoms with Gasteiger partial charge in [0.15, 0.2) is 0 Å². The van der Waals surface area contributed by atoms with E-state index in [0.29, 0.717) is 13.1 Å². The lowest BCUT2D eigenvalue weighted by molar-refractivity contribution is 0.0268. The third-order valence-corrected chi connectivity index (χ3v) is 3.72. The first-order valence-corrected chi connectivity index (χ1v) is 7.34. The molecule has 1 amide bonds. The maximum absolute atomic E-state index is 12.0. The number of rotatable bonds is 2. The van der Waals surface area contributed by atoms with Gasteiger partial charge in [0.1, 0.15) is 5.60 Å². The van der Waals surface area contributed by atoms with E-state index in [-0.39, 0.29) is 12.0 Å². The van der Waals surface area contributed by atoms with E-state index in [1.807, 2.05) is 33.8 Å². The maximum atomic E-state index is 12.0. The molecule has 1 N–H and O–H groups in total. The number of aliphatic hydroxyl groups excluding tert-OH is 1. The zero-order valence-electron chi connectivity index (χ0n) is 13.2. The number of aliphatic hydroxyl groups is 1. The Balaban J connectivity index is 1.99. The summed E-state index contributed by atoms with van der Waals surface area (Å²) >= 11 is 0. The summed E-state index contributed by atoms with van der Waals surface area (Å²) in [5, 5.41) is 10.5. The van der Waals surface area contributed by atoms with Gasteiger partial charge in [0.2, 0.25) is 0 Å². The second-order valence-corrected chi connectivity index (χ2v) is 6.65. The van der Waals surface area contributed by atoms with Crippen LogP contribution in [0.5, 0.6) is 0 Å². The van der Waals surface area contributed by atoms with Gasteiger partial charge >= 0.3 is 6.09 Å². The summed E-state index contributed by atoms with van der Waals surface area (Å²) < 4.78 is 5.37. The molecule has 0 bridgehead atoms. The minimum Gasteiger partial charge on any atom is -0.444 e. The molecule has 5 heteroatoms. The van der Waals surface area contributed by atoms with Crippen LogP contribution >= 0.6 is 0 Å². The van der Waals surface area contributed by atoms with Crippen molar-refractivity contribution in [2.45, 2.75) is 45.8 Å². The van der Waals surface area contributed by atoms with Crippen molar-refractivity contribution in [1.29, 1.82) is 0 Å². The van der Waals surface area contributed by atoms with Crippen LogP contribution in [0, 0.1) is 12.8 Å². The summed E-state index contributed by atoms with van der Waals surface area (Å²) in [6, 6.07) is 1.89. The molecule has 21 heavy (non-hydrogen) atoms. The van der Waals surface area contributed by atoms with E-state index in [9.17, 15) is 9.90 Å². The van der Waals surface area contributed by atoms with Gasteiger partial charge in [0, 0.05) is 37.0 Å². The Bertz CT molecular complexity index is 510. The second-order valence-electron chi connectivity index (χ2n) is 6.65. The van der Waals surface area contributed by atoms with E-state index in [1.54, 1.807) is 17.3 Å². The fourth-order valence-corrected chi connectivity index (χ4v) is 2.58. The Hall–Kier alpha value is -1.62. The number of carbonyl (C=O) groups excluding carboxylic acids is 1. The first-order chi connectivity index (χ1) is 9.78. The number of aromatic nitrogens is 1. The van der Waals surface area contributed by atoms with Gasteiger partial charge in [-0.05, 0) is 45.7 Å². The molecule has 1 aliphatic heterocycles. The second kappa shape index (κ2) is 6.02. The molecule has 116 valence electrons. The van der Waals surface area contributed by atoms with Crippen LogP contribution in [0.1, 0.15) is 44.4 Å². The minimum atomic E-state index is -0.592. The average molecular weight is 292 g/mol. The number of likely N-dealkylation sites (tertiary alicyclic amines) is 1. The van der Waals surface area contributed by atoms with E-state index in [1.165, 1.54) is 0 Å². The number of hydrogen-bond donors (Lipinski definition) is 1. The number of carbonyl (C=O) groups is 1. The minimum absolute atomic E-state index is 0.0282. The van der Waals surface area contributed by atoms with Gasteiger partial charge in [-0.3, -0.25) is 4.98 Å². The third kappa shape index (κ3) is 3.94. The topological polar surface area (TPSA) is 62.7 Å². The van der Waals surface area contributed by atoms with E-state index in [4.69, 9.17) is 4.74 Å². The van der Waals surface area contributed by atoms with Crippen LogP contribution < -0.4 is 0 Å². The summed E-state index contributed by atoms with van der Waals surface area (Å²) in [4.78, 5) is 17.8. The fraction of sp³-hybridized carbons (Fsp3) is 0.625. The number of hydrogen-bond acceptors (Lipinski definition) is 4. The monoisotopic (exact) mass is 292 g/mol. The number of ether oxygens (including phenoxy) is 1. The predicted octanol–water partition coefficient (Wildman–Crippen LogP) is 2.68. The van der Waals surface area contributed by atoms with Gasteiger partial charge in [-0.2, -0.15) is 0 Å². The summed E-state index contributed by atoms with van der Waals surface area (Å²) in [6.07, 6.45) is 3.30. The molecule has 5 nitrogen and oxygen atoms in total. The van der Waals surface area contributed by atoms with Gasteiger partial charge in [0.25, 0.3) is 0 Å². The van der Waals surface area contributed by atoms with Gasteiger partial charge in [0.05, 0.1) is 6.10 Å². The molecular formula is C16H24N2O3. The predicted molar refractivity (Wildman–Crippen MR) is 79.8 cm³/mol. The Kier molecular flexibility index (Phi) is 4.52. The summed E-state index contributed by atoms with van der Waals surface area (Å²) in [5.74, 6) is 0.0282. The van der Waals surface area contributed by atoms with Crippen molar-refractivity contribution in [3.05, 3.63) is 29.6 Å². The highest BCUT2D eigenvalue weighted by atomic mass is 16.6. The zero-order chi connectivity index (χ0) is 15.6. The fourth-order valence-electron chi connectivity index (χ4n) is 2.58. The quantitative estimate of drug-likeness (QED) is 0.910. The van der Waals surface area contributed by atoms with Crippen LogP contribution in [0.2, 0.25) is 0 Å². The molecule has 0 aliphatic carbocycles. The Morgan fingerprint density at radius 3 is 2.86 bits per heavy atom. The first kappa shape index (κ1) is 15.8. The van der Waals surface area contributed by atoms with Crippen molar-refractivity contribution in [3.8, 4) is 0 Å². The summed E-state index contributed by atoms with van der Waals surface area (Å²) in [7, 11) is 0. The Morgan fingerprint density at radius 1 is 1.52 bits per heavy atom. The smallest absolute Gasteiger partial charge is 0.410 e. The summed E-state index contributed by atoms with van der Waals surface area (Å²) in [6.45, 7) is 8.66. The number of amides is 1. The van der Waals surface area contributed by atoms with Crippen LogP contribution in [-0.4, -0.2) is 39.8 Å². The van der Waals surface area contributed by atoms with Gasteiger partial charge in [-0.25, -0.2) is 4.79 Å². The van der Waals surface area contributed by atoms with Crippen molar-refractivity contribution in [2.75, 3.05) is 13.1 Å². The van der Waals surface area contributed by atoms with Crippen LogP contribution in [0.3, 0.4) is 0 Å². The molecule has 2 atom stereocenters. The third-order valence-electron chi connectivity index (χ3n) is 3.72. The normalized spacial score (nSPS) is 20.4. The number of nitrogens with zero attached hydrogens (tertiary/aromatic N) is 2. The van der Waals surface area contributed by atoms with Crippen molar-refractivity contribution < 1.29 is 14.6 Å². The highest BCUT2D eigenvalue weighted by molar-refractivity contribution is 5.68. The molecule has 0 aromatic carbocycles. The molecular weight excluding hydrogens is 268 g/mol. The maximum Gasteiger partial charge on any atom is 0.410 e. The molecule has 1 aliphatic rings. The van der Waals surface area contributed by atoms with Crippen molar-refractivity contribution in [1.82, 2.24) is 9.88 Å². The van der Waals surface area contributed by atoms with Crippen molar-refractivity contribution in [3.63, 3.8) is 0 Å². The van der Waals surface area contributed by atoms with Crippen LogP contribution in [-0.2, 0) is 4.74 Å². The van der Waals surface area contributed by atoms with Gasteiger partial charge in [-0.1, -0.05) is 0 Å². The van der Waals surface area contributed by atoms with E-state index in [0.717, 1.165) is 17.5 Å². The van der Waals surface area contributed by atoms with Gasteiger partial charge < -0.3 is 14.7 Å². The van der Waals surface area contributed by atoms with Crippen LogP contribution in [0.4, 0.5) is 4.79 Å². The molecule has 0 spiro atoms. The van der Waals surface area contributed by atoms with E-state index < -0.39 is 11.7 Å². The highest BCUT2D eigenvalue weighted by Crippen LogP contribution is 2.31. The van der Waals surface area contributed by atoms with Gasteiger partial charge in [-0.15, -0.1) is 0 Å². The van der Waals surface area contributed by atoms with Crippen LogP contribution in [0.25, 0.3) is 0 Å². The SMILES string of the molecule is Cc1ccncc1C(O)C1CCN(C(=O)OC(C)(C)C)C1. The molecule has 1 fully saturated rings. The molecule has 2 unspecified atom stereocenters. The molecule has 2 rings (SSSR count). The molecule has 0 saturated carbocycles. The molecule has 2 heterocycles.